The van der Waals surface area contributed by atoms with Gasteiger partial charge < -0.3 is 10.2 Å². The van der Waals surface area contributed by atoms with E-state index in [9.17, 15) is 0 Å². The molecule has 1 aromatic rings. The average Bonchev–Trinajstić information content (AvgIpc) is 2.92. The monoisotopic (exact) mass is 258 g/mol. The second kappa shape index (κ2) is 5.96. The molecule has 2 heteroatoms. The second-order valence-corrected chi connectivity index (χ2v) is 6.16. The summed E-state index contributed by atoms with van der Waals surface area (Å²) in [5.74, 6) is 0. The minimum atomic E-state index is 0.794. The standard InChI is InChI=1S/C17H26N2/c1-14-8-9-17-15(13-14)5-3-11-19(17)12-4-7-16-6-2-10-18-16/h8-9,13,16,18H,2-7,10-12H2,1H3. The Balaban J connectivity index is 1.57. The van der Waals surface area contributed by atoms with Crippen LogP contribution >= 0.6 is 0 Å². The van der Waals surface area contributed by atoms with Crippen LogP contribution < -0.4 is 10.2 Å². The summed E-state index contributed by atoms with van der Waals surface area (Å²) in [6.07, 6.45) is 8.00. The van der Waals surface area contributed by atoms with Gasteiger partial charge in [0.2, 0.25) is 0 Å². The zero-order valence-corrected chi connectivity index (χ0v) is 12.1. The maximum Gasteiger partial charge on any atom is 0.0398 e. The molecule has 0 amide bonds. The molecule has 2 nitrogen and oxygen atoms in total. The highest BCUT2D eigenvalue weighted by molar-refractivity contribution is 5.56. The first-order valence-corrected chi connectivity index (χ1v) is 7.91. The minimum Gasteiger partial charge on any atom is -0.371 e. The second-order valence-electron chi connectivity index (χ2n) is 6.16. The number of nitrogens with zero attached hydrogens (tertiary/aromatic N) is 1. The van der Waals surface area contributed by atoms with Crippen molar-refractivity contribution >= 4 is 5.69 Å². The van der Waals surface area contributed by atoms with Gasteiger partial charge in [-0.1, -0.05) is 17.7 Å². The molecule has 0 aliphatic carbocycles. The van der Waals surface area contributed by atoms with Gasteiger partial charge in [-0.25, -0.2) is 0 Å². The summed E-state index contributed by atoms with van der Waals surface area (Å²) < 4.78 is 0. The molecule has 0 aromatic heterocycles. The van der Waals surface area contributed by atoms with E-state index in [1.165, 1.54) is 69.4 Å². The number of nitrogens with one attached hydrogen (secondary N) is 1. The van der Waals surface area contributed by atoms with Gasteiger partial charge in [0.15, 0.2) is 0 Å². The lowest BCUT2D eigenvalue weighted by Gasteiger charge is -2.32. The molecule has 0 bridgehead atoms. The lowest BCUT2D eigenvalue weighted by Crippen LogP contribution is -2.31. The topological polar surface area (TPSA) is 15.3 Å². The molecular formula is C17H26N2. The minimum absolute atomic E-state index is 0.794. The van der Waals surface area contributed by atoms with Crippen molar-refractivity contribution in [3.8, 4) is 0 Å². The first-order chi connectivity index (χ1) is 9.33. The van der Waals surface area contributed by atoms with Crippen molar-refractivity contribution in [1.29, 1.82) is 0 Å². The summed E-state index contributed by atoms with van der Waals surface area (Å²) in [4.78, 5) is 2.60. The van der Waals surface area contributed by atoms with Crippen molar-refractivity contribution in [1.82, 2.24) is 5.32 Å². The molecule has 2 heterocycles. The number of fused-ring (bicyclic) bond motifs is 1. The van der Waals surface area contributed by atoms with Crippen LogP contribution in [0.3, 0.4) is 0 Å². The largest absolute Gasteiger partial charge is 0.371 e. The highest BCUT2D eigenvalue weighted by Crippen LogP contribution is 2.28. The Kier molecular flexibility index (Phi) is 4.07. The lowest BCUT2D eigenvalue weighted by atomic mass is 9.99. The number of rotatable bonds is 4. The van der Waals surface area contributed by atoms with Gasteiger partial charge in [-0.15, -0.1) is 0 Å². The molecule has 1 aromatic carbocycles. The van der Waals surface area contributed by atoms with E-state index in [-0.39, 0.29) is 0 Å². The van der Waals surface area contributed by atoms with Crippen LogP contribution in [0.5, 0.6) is 0 Å². The third-order valence-electron chi connectivity index (χ3n) is 4.59. The molecule has 19 heavy (non-hydrogen) atoms. The van der Waals surface area contributed by atoms with Crippen LogP contribution in [0.25, 0.3) is 0 Å². The van der Waals surface area contributed by atoms with E-state index in [4.69, 9.17) is 0 Å². The van der Waals surface area contributed by atoms with Crippen molar-refractivity contribution < 1.29 is 0 Å². The Bertz CT molecular complexity index is 421. The van der Waals surface area contributed by atoms with E-state index in [1.54, 1.807) is 5.56 Å². The number of hydrogen-bond donors (Lipinski definition) is 1. The smallest absolute Gasteiger partial charge is 0.0398 e. The van der Waals surface area contributed by atoms with Gasteiger partial charge in [0.1, 0.15) is 0 Å². The number of aryl methyl sites for hydroxylation is 2. The number of hydrogen-bond acceptors (Lipinski definition) is 2. The third kappa shape index (κ3) is 3.11. The SMILES string of the molecule is Cc1ccc2c(c1)CCCN2CCCC1CCCN1. The Morgan fingerprint density at radius 1 is 1.32 bits per heavy atom. The maximum atomic E-state index is 3.60. The zero-order chi connectivity index (χ0) is 13.1. The van der Waals surface area contributed by atoms with Gasteiger partial charge in [-0.3, -0.25) is 0 Å². The number of anilines is 1. The van der Waals surface area contributed by atoms with Crippen LogP contribution in [0.4, 0.5) is 5.69 Å². The Labute approximate surface area is 117 Å². The molecule has 3 rings (SSSR count). The van der Waals surface area contributed by atoms with Gasteiger partial charge in [-0.2, -0.15) is 0 Å². The van der Waals surface area contributed by atoms with E-state index >= 15 is 0 Å². The molecule has 1 N–H and O–H groups in total. The van der Waals surface area contributed by atoms with Crippen LogP contribution in [0.15, 0.2) is 18.2 Å². The fourth-order valence-electron chi connectivity index (χ4n) is 3.57. The van der Waals surface area contributed by atoms with Crippen molar-refractivity contribution in [2.75, 3.05) is 24.5 Å². The summed E-state index contributed by atoms with van der Waals surface area (Å²) in [5, 5.41) is 3.60. The first-order valence-electron chi connectivity index (χ1n) is 7.91. The van der Waals surface area contributed by atoms with Crippen LogP contribution in [0, 0.1) is 6.92 Å². The molecule has 104 valence electrons. The summed E-state index contributed by atoms with van der Waals surface area (Å²) >= 11 is 0. The molecule has 0 radical (unpaired) electrons. The summed E-state index contributed by atoms with van der Waals surface area (Å²) in [6.45, 7) is 5.91. The molecule has 1 fully saturated rings. The van der Waals surface area contributed by atoms with E-state index in [2.05, 4.69) is 35.3 Å². The van der Waals surface area contributed by atoms with Crippen molar-refractivity contribution in [3.63, 3.8) is 0 Å². The van der Waals surface area contributed by atoms with E-state index in [0.717, 1.165) is 6.04 Å². The molecule has 2 aliphatic heterocycles. The molecule has 1 saturated heterocycles. The maximum absolute atomic E-state index is 3.60. The Morgan fingerprint density at radius 2 is 2.26 bits per heavy atom. The van der Waals surface area contributed by atoms with Crippen LogP contribution in [0.2, 0.25) is 0 Å². The number of benzene rings is 1. The van der Waals surface area contributed by atoms with Gasteiger partial charge in [0, 0.05) is 24.8 Å². The predicted octanol–water partition coefficient (Wildman–Crippen LogP) is 3.28. The van der Waals surface area contributed by atoms with E-state index in [1.807, 2.05) is 0 Å². The highest BCUT2D eigenvalue weighted by atomic mass is 15.1. The quantitative estimate of drug-likeness (QED) is 0.891. The van der Waals surface area contributed by atoms with Gasteiger partial charge in [-0.05, 0) is 63.6 Å². The molecule has 0 spiro atoms. The molecule has 0 saturated carbocycles. The third-order valence-corrected chi connectivity index (χ3v) is 4.59. The van der Waals surface area contributed by atoms with Crippen molar-refractivity contribution in [2.45, 2.75) is 51.5 Å². The zero-order valence-electron chi connectivity index (χ0n) is 12.1. The Morgan fingerprint density at radius 3 is 3.11 bits per heavy atom. The van der Waals surface area contributed by atoms with Gasteiger partial charge >= 0.3 is 0 Å². The normalized spacial score (nSPS) is 22.6. The first kappa shape index (κ1) is 13.0. The van der Waals surface area contributed by atoms with Gasteiger partial charge in [0.25, 0.3) is 0 Å². The van der Waals surface area contributed by atoms with Crippen LogP contribution in [0.1, 0.15) is 43.2 Å². The van der Waals surface area contributed by atoms with Crippen molar-refractivity contribution in [2.24, 2.45) is 0 Å². The van der Waals surface area contributed by atoms with Crippen LogP contribution in [-0.4, -0.2) is 25.7 Å². The molecule has 2 aliphatic rings. The summed E-state index contributed by atoms with van der Waals surface area (Å²) in [7, 11) is 0. The predicted molar refractivity (Wildman–Crippen MR) is 82.0 cm³/mol. The fraction of sp³-hybridized carbons (Fsp3) is 0.647. The lowest BCUT2D eigenvalue weighted by molar-refractivity contribution is 0.527. The fourth-order valence-corrected chi connectivity index (χ4v) is 3.57. The highest BCUT2D eigenvalue weighted by Gasteiger charge is 2.18. The van der Waals surface area contributed by atoms with E-state index in [0.29, 0.717) is 0 Å². The molecular weight excluding hydrogens is 232 g/mol. The van der Waals surface area contributed by atoms with Crippen molar-refractivity contribution in [3.05, 3.63) is 29.3 Å². The molecule has 1 atom stereocenters. The molecule has 1 unspecified atom stereocenters. The summed E-state index contributed by atoms with van der Waals surface area (Å²) in [5.41, 5.74) is 4.46. The van der Waals surface area contributed by atoms with E-state index < -0.39 is 0 Å². The Hall–Kier alpha value is -1.02. The average molecular weight is 258 g/mol. The summed E-state index contributed by atoms with van der Waals surface area (Å²) in [6, 6.07) is 7.76. The van der Waals surface area contributed by atoms with Crippen LogP contribution in [-0.2, 0) is 6.42 Å². The van der Waals surface area contributed by atoms with Gasteiger partial charge in [0.05, 0.1) is 0 Å².